The normalized spacial score (nSPS) is 15.5. The van der Waals surface area contributed by atoms with Crippen LogP contribution in [0, 0.1) is 5.92 Å². The molecule has 0 aliphatic carbocycles. The Labute approximate surface area is 191 Å². The number of urea groups is 1. The first kappa shape index (κ1) is 23.8. The summed E-state index contributed by atoms with van der Waals surface area (Å²) in [6.45, 7) is 8.96. The van der Waals surface area contributed by atoms with Gasteiger partial charge in [-0.2, -0.15) is 0 Å². The largest absolute Gasteiger partial charge is 0.353 e. The van der Waals surface area contributed by atoms with E-state index in [9.17, 15) is 9.59 Å². The van der Waals surface area contributed by atoms with E-state index in [1.54, 1.807) is 0 Å². The van der Waals surface area contributed by atoms with Crippen molar-refractivity contribution in [2.24, 2.45) is 5.92 Å². The van der Waals surface area contributed by atoms with Gasteiger partial charge in [-0.05, 0) is 35.4 Å². The Kier molecular flexibility index (Phi) is 8.68. The van der Waals surface area contributed by atoms with Gasteiger partial charge in [0.1, 0.15) is 6.04 Å². The van der Waals surface area contributed by atoms with Crippen LogP contribution in [0.2, 0.25) is 0 Å². The van der Waals surface area contributed by atoms with E-state index in [4.69, 9.17) is 0 Å². The van der Waals surface area contributed by atoms with Gasteiger partial charge in [0.05, 0.1) is 0 Å². The van der Waals surface area contributed by atoms with Crippen molar-refractivity contribution in [1.29, 1.82) is 0 Å². The second-order valence-electron chi connectivity index (χ2n) is 8.83. The van der Waals surface area contributed by atoms with Gasteiger partial charge in [0.2, 0.25) is 5.91 Å². The van der Waals surface area contributed by atoms with Crippen LogP contribution in [0.15, 0.2) is 54.6 Å². The van der Waals surface area contributed by atoms with Gasteiger partial charge in [0.15, 0.2) is 0 Å². The molecule has 172 valence electrons. The minimum atomic E-state index is -0.578. The molecule has 3 N–H and O–H groups in total. The molecule has 2 aromatic rings. The van der Waals surface area contributed by atoms with Crippen LogP contribution < -0.4 is 16.0 Å². The van der Waals surface area contributed by atoms with E-state index < -0.39 is 6.04 Å². The molecule has 1 aliphatic heterocycles. The lowest BCUT2D eigenvalue weighted by Gasteiger charge is -2.35. The number of amides is 3. The maximum absolute atomic E-state index is 12.9. The molecule has 2 aromatic carbocycles. The molecule has 2 atom stereocenters. The van der Waals surface area contributed by atoms with Gasteiger partial charge in [-0.25, -0.2) is 4.79 Å². The summed E-state index contributed by atoms with van der Waals surface area (Å²) >= 11 is 0. The third-order valence-corrected chi connectivity index (χ3v) is 6.19. The zero-order chi connectivity index (χ0) is 22.9. The van der Waals surface area contributed by atoms with E-state index in [2.05, 4.69) is 52.0 Å². The summed E-state index contributed by atoms with van der Waals surface area (Å²) in [5.74, 6) is -0.148. The van der Waals surface area contributed by atoms with Crippen molar-refractivity contribution >= 4 is 11.9 Å². The summed E-state index contributed by atoms with van der Waals surface area (Å²) in [5, 5.41) is 8.78. The first-order valence-corrected chi connectivity index (χ1v) is 11.6. The van der Waals surface area contributed by atoms with Gasteiger partial charge in [-0.15, -0.1) is 0 Å². The molecule has 0 aromatic heterocycles. The van der Waals surface area contributed by atoms with Crippen molar-refractivity contribution in [2.75, 3.05) is 13.1 Å². The molecule has 32 heavy (non-hydrogen) atoms. The van der Waals surface area contributed by atoms with Crippen molar-refractivity contribution in [3.05, 3.63) is 71.3 Å². The van der Waals surface area contributed by atoms with E-state index in [-0.39, 0.29) is 23.9 Å². The van der Waals surface area contributed by atoms with Crippen LogP contribution in [0.5, 0.6) is 0 Å². The molecule has 0 radical (unpaired) electrons. The van der Waals surface area contributed by atoms with Crippen molar-refractivity contribution < 1.29 is 9.59 Å². The van der Waals surface area contributed by atoms with Crippen LogP contribution in [0.3, 0.4) is 0 Å². The number of hydrogen-bond donors (Lipinski definition) is 3. The lowest BCUT2D eigenvalue weighted by molar-refractivity contribution is -0.124. The lowest BCUT2D eigenvalue weighted by atomic mass is 9.98. The van der Waals surface area contributed by atoms with Crippen molar-refractivity contribution in [1.82, 2.24) is 20.9 Å². The fraction of sp³-hybridized carbons (Fsp3) is 0.462. The molecule has 1 aliphatic rings. The number of nitrogens with one attached hydrogen (secondary N) is 3. The fourth-order valence-corrected chi connectivity index (χ4v) is 4.19. The highest BCUT2D eigenvalue weighted by molar-refractivity contribution is 5.87. The maximum Gasteiger partial charge on any atom is 0.315 e. The predicted molar refractivity (Wildman–Crippen MR) is 128 cm³/mol. The van der Waals surface area contributed by atoms with E-state index in [0.29, 0.717) is 13.1 Å². The number of nitrogens with zero attached hydrogens (tertiary/aromatic N) is 1. The van der Waals surface area contributed by atoms with Crippen LogP contribution in [0.1, 0.15) is 43.9 Å². The monoisotopic (exact) mass is 436 g/mol. The number of fused-ring (bicyclic) bond motifs is 1. The fourth-order valence-electron chi connectivity index (χ4n) is 4.19. The first-order valence-electron chi connectivity index (χ1n) is 11.6. The van der Waals surface area contributed by atoms with Gasteiger partial charge in [-0.1, -0.05) is 75.4 Å². The van der Waals surface area contributed by atoms with Crippen LogP contribution in [0.4, 0.5) is 4.79 Å². The second-order valence-corrected chi connectivity index (χ2v) is 8.83. The molecule has 3 amide bonds. The van der Waals surface area contributed by atoms with Gasteiger partial charge in [0.25, 0.3) is 0 Å². The maximum atomic E-state index is 12.9. The van der Waals surface area contributed by atoms with Gasteiger partial charge >= 0.3 is 6.03 Å². The smallest absolute Gasteiger partial charge is 0.315 e. The van der Waals surface area contributed by atoms with Gasteiger partial charge in [-0.3, -0.25) is 9.69 Å². The summed E-state index contributed by atoms with van der Waals surface area (Å²) in [4.78, 5) is 27.8. The van der Waals surface area contributed by atoms with E-state index in [0.717, 1.165) is 31.5 Å². The van der Waals surface area contributed by atoms with Crippen molar-refractivity contribution in [3.8, 4) is 0 Å². The van der Waals surface area contributed by atoms with E-state index in [1.165, 1.54) is 11.1 Å². The molecule has 3 rings (SSSR count). The molecule has 2 unspecified atom stereocenters. The zero-order valence-electron chi connectivity index (χ0n) is 19.4. The Morgan fingerprint density at radius 2 is 1.66 bits per heavy atom. The molecule has 0 bridgehead atoms. The average molecular weight is 437 g/mol. The Hall–Kier alpha value is -2.86. The predicted octanol–water partition coefficient (Wildman–Crippen LogP) is 3.46. The minimum Gasteiger partial charge on any atom is -0.353 e. The number of hydrogen-bond acceptors (Lipinski definition) is 3. The summed E-state index contributed by atoms with van der Waals surface area (Å²) in [7, 11) is 0. The van der Waals surface area contributed by atoms with E-state index >= 15 is 0 Å². The number of rotatable bonds is 9. The first-order chi connectivity index (χ1) is 15.5. The number of carbonyl (C=O) groups is 2. The average Bonchev–Trinajstić information content (AvgIpc) is 2.81. The lowest BCUT2D eigenvalue weighted by Crippen LogP contribution is -2.54. The highest BCUT2D eigenvalue weighted by Crippen LogP contribution is 2.21. The quantitative estimate of drug-likeness (QED) is 0.564. The summed E-state index contributed by atoms with van der Waals surface area (Å²) < 4.78 is 0. The second kappa shape index (κ2) is 11.7. The minimum absolute atomic E-state index is 0.0144. The highest BCUT2D eigenvalue weighted by atomic mass is 16.2. The number of carbonyl (C=O) groups excluding carboxylic acids is 2. The Morgan fingerprint density at radius 1 is 0.969 bits per heavy atom. The van der Waals surface area contributed by atoms with Crippen molar-refractivity contribution in [3.63, 3.8) is 0 Å². The molecule has 1 heterocycles. The number of benzene rings is 2. The summed E-state index contributed by atoms with van der Waals surface area (Å²) in [6, 6.07) is 17.7. The Balaban J connectivity index is 1.50. The molecular formula is C26H36N4O2. The third-order valence-electron chi connectivity index (χ3n) is 6.19. The molecule has 0 fully saturated rings. The molecule has 0 saturated carbocycles. The van der Waals surface area contributed by atoms with Crippen LogP contribution >= 0.6 is 0 Å². The molecule has 0 saturated heterocycles. The Bertz CT molecular complexity index is 884. The van der Waals surface area contributed by atoms with Crippen LogP contribution in [0.25, 0.3) is 0 Å². The SMILES string of the molecule is CCC(CNC(=O)C(NC(=O)NCc1ccccc1)C(C)C)N1CCc2ccccc2C1. The van der Waals surface area contributed by atoms with Gasteiger partial charge in [0, 0.05) is 32.2 Å². The van der Waals surface area contributed by atoms with Crippen molar-refractivity contribution in [2.45, 2.75) is 58.8 Å². The van der Waals surface area contributed by atoms with Crippen LogP contribution in [-0.2, 0) is 24.3 Å². The topological polar surface area (TPSA) is 73.5 Å². The summed E-state index contributed by atoms with van der Waals surface area (Å²) in [6.07, 6.45) is 2.00. The Morgan fingerprint density at radius 3 is 2.34 bits per heavy atom. The van der Waals surface area contributed by atoms with Gasteiger partial charge < -0.3 is 16.0 Å². The molecule has 6 nitrogen and oxygen atoms in total. The highest BCUT2D eigenvalue weighted by Gasteiger charge is 2.27. The molecule has 6 heteroatoms. The third kappa shape index (κ3) is 6.57. The zero-order valence-corrected chi connectivity index (χ0v) is 19.4. The van der Waals surface area contributed by atoms with Crippen LogP contribution in [-0.4, -0.2) is 42.0 Å². The summed E-state index contributed by atoms with van der Waals surface area (Å²) in [5.41, 5.74) is 3.82. The standard InChI is InChI=1S/C26H36N4O2/c1-4-23(30-15-14-21-12-8-9-13-22(21)18-30)17-27-25(31)24(19(2)3)29-26(32)28-16-20-10-6-5-7-11-20/h5-13,19,23-24H,4,14-18H2,1-3H3,(H,27,31)(H2,28,29,32). The van der Waals surface area contributed by atoms with E-state index in [1.807, 2.05) is 44.2 Å². The molecular weight excluding hydrogens is 400 g/mol. The molecule has 0 spiro atoms.